The summed E-state index contributed by atoms with van der Waals surface area (Å²) in [5.41, 5.74) is 0. The molecule has 1 saturated heterocycles. The third-order valence-electron chi connectivity index (χ3n) is 5.31. The van der Waals surface area contributed by atoms with Gasteiger partial charge in [-0.1, -0.05) is 57.2 Å². The zero-order valence-corrected chi connectivity index (χ0v) is 22.2. The molecule has 3 aromatic rings. The Bertz CT molecular complexity index is 991. The lowest BCUT2D eigenvalue weighted by atomic mass is 10.2. The molecule has 0 saturated carbocycles. The fourth-order valence-electron chi connectivity index (χ4n) is 3.54. The zero-order valence-electron chi connectivity index (χ0n) is 21.4. The molecule has 2 N–H and O–H groups in total. The van der Waals surface area contributed by atoms with E-state index in [1.54, 1.807) is 30.3 Å². The summed E-state index contributed by atoms with van der Waals surface area (Å²) in [4.78, 5) is 2.90. The molecule has 0 spiro atoms. The summed E-state index contributed by atoms with van der Waals surface area (Å²) in [5, 5.41) is 17.7. The van der Waals surface area contributed by atoms with Crippen molar-refractivity contribution in [1.29, 1.82) is 0 Å². The van der Waals surface area contributed by atoms with E-state index in [1.807, 2.05) is 50.2 Å². The second-order valence-corrected chi connectivity index (χ2v) is 9.22. The summed E-state index contributed by atoms with van der Waals surface area (Å²) < 4.78 is 24.0. The summed E-state index contributed by atoms with van der Waals surface area (Å²) in [7, 11) is 0. The van der Waals surface area contributed by atoms with E-state index in [0.717, 1.165) is 30.6 Å². The average molecular weight is 516 g/mol. The van der Waals surface area contributed by atoms with Crippen LogP contribution in [0.25, 0.3) is 0 Å². The largest absolute Gasteiger partial charge is 0.508 e. The summed E-state index contributed by atoms with van der Waals surface area (Å²) in [6.45, 7) is 11.2. The first-order valence-corrected chi connectivity index (χ1v) is 13.4. The third-order valence-corrected chi connectivity index (χ3v) is 6.35. The predicted molar refractivity (Wildman–Crippen MR) is 146 cm³/mol. The zero-order chi connectivity index (χ0) is 26.2. The molecule has 2 aliphatic rings. The van der Waals surface area contributed by atoms with E-state index in [-0.39, 0.29) is 5.75 Å². The molecule has 5 rings (SSSR count). The number of fused-ring (bicyclic) bond motifs is 1. The highest BCUT2D eigenvalue weighted by Gasteiger charge is 2.18. The van der Waals surface area contributed by atoms with Crippen LogP contribution in [0.15, 0.2) is 77.7 Å². The van der Waals surface area contributed by atoms with Gasteiger partial charge >= 0.3 is 0 Å². The van der Waals surface area contributed by atoms with E-state index in [2.05, 4.69) is 11.8 Å². The maximum Gasteiger partial charge on any atom is 0.182 e. The van der Waals surface area contributed by atoms with Gasteiger partial charge in [-0.15, -0.1) is 11.8 Å². The molecule has 5 nitrogen and oxygen atoms in total. The van der Waals surface area contributed by atoms with Crippen molar-refractivity contribution < 1.29 is 24.1 Å². The Balaban J connectivity index is 0.000000194. The Morgan fingerprint density at radius 3 is 2.25 bits per heavy atom. The van der Waals surface area contributed by atoms with Crippen molar-refractivity contribution >= 4 is 11.8 Å². The number of hydrogen-bond donors (Lipinski definition) is 2. The van der Waals surface area contributed by atoms with Crippen LogP contribution in [-0.4, -0.2) is 53.7 Å². The van der Waals surface area contributed by atoms with Gasteiger partial charge in [0.25, 0.3) is 0 Å². The van der Waals surface area contributed by atoms with E-state index >= 15 is 0 Å². The highest BCUT2D eigenvalue weighted by molar-refractivity contribution is 7.99. The SMILES string of the molecule is CC.C[C@H]1CCN(CCOc2ccccc2)C1.Oc1ccc2c(c1F)SCCO2.Oc1ccccc1. The van der Waals surface area contributed by atoms with Crippen molar-refractivity contribution in [3.63, 3.8) is 0 Å². The number of phenols is 2. The molecule has 7 heteroatoms. The highest BCUT2D eigenvalue weighted by atomic mass is 32.2. The molecule has 0 radical (unpaired) electrons. The van der Waals surface area contributed by atoms with Crippen LogP contribution in [0.4, 0.5) is 4.39 Å². The van der Waals surface area contributed by atoms with E-state index in [4.69, 9.17) is 19.7 Å². The third kappa shape index (κ3) is 10.4. The molecule has 0 bridgehead atoms. The number of likely N-dealkylation sites (tertiary alicyclic amines) is 1. The van der Waals surface area contributed by atoms with Crippen molar-refractivity contribution in [2.75, 3.05) is 38.6 Å². The molecule has 0 unspecified atom stereocenters. The number of halogens is 1. The van der Waals surface area contributed by atoms with Gasteiger partial charge in [0, 0.05) is 18.8 Å². The number of aromatic hydroxyl groups is 2. The molecule has 2 aliphatic heterocycles. The molecule has 2 heterocycles. The van der Waals surface area contributed by atoms with Crippen LogP contribution in [0, 0.1) is 11.7 Å². The average Bonchev–Trinajstić information content (AvgIpc) is 3.34. The Kier molecular flexibility index (Phi) is 13.6. The lowest BCUT2D eigenvalue weighted by Crippen LogP contribution is -2.25. The number of phenolic OH excluding ortho intramolecular Hbond substituents is 2. The number of nitrogens with zero attached hydrogens (tertiary/aromatic N) is 1. The first kappa shape index (κ1) is 29.3. The molecular weight excluding hydrogens is 477 g/mol. The molecule has 3 aromatic carbocycles. The summed E-state index contributed by atoms with van der Waals surface area (Å²) >= 11 is 1.37. The number of benzene rings is 3. The predicted octanol–water partition coefficient (Wildman–Crippen LogP) is 6.84. The minimum absolute atomic E-state index is 0.313. The topological polar surface area (TPSA) is 62.2 Å². The smallest absolute Gasteiger partial charge is 0.182 e. The van der Waals surface area contributed by atoms with E-state index in [1.165, 1.54) is 37.3 Å². The molecule has 1 fully saturated rings. The monoisotopic (exact) mass is 515 g/mol. The maximum absolute atomic E-state index is 13.1. The fourth-order valence-corrected chi connectivity index (χ4v) is 4.41. The Hall–Kier alpha value is -2.90. The summed E-state index contributed by atoms with van der Waals surface area (Å²) in [5.74, 6) is 2.53. The Labute approximate surface area is 218 Å². The van der Waals surface area contributed by atoms with Gasteiger partial charge in [-0.25, -0.2) is 4.39 Å². The minimum Gasteiger partial charge on any atom is -0.508 e. The number of para-hydroxylation sites is 2. The number of rotatable bonds is 4. The number of thioether (sulfide) groups is 1. The van der Waals surface area contributed by atoms with Crippen molar-refractivity contribution in [1.82, 2.24) is 4.90 Å². The summed E-state index contributed by atoms with van der Waals surface area (Å²) in [6, 6.07) is 21.6. The van der Waals surface area contributed by atoms with Crippen LogP contribution < -0.4 is 9.47 Å². The van der Waals surface area contributed by atoms with E-state index in [9.17, 15) is 4.39 Å². The van der Waals surface area contributed by atoms with Gasteiger partial charge in [-0.3, -0.25) is 4.90 Å². The van der Waals surface area contributed by atoms with Crippen LogP contribution in [0.2, 0.25) is 0 Å². The fraction of sp³-hybridized carbons (Fsp3) is 0.379. The van der Waals surface area contributed by atoms with Gasteiger partial charge in [0.05, 0.1) is 11.5 Å². The van der Waals surface area contributed by atoms with Crippen LogP contribution in [-0.2, 0) is 0 Å². The van der Waals surface area contributed by atoms with Crippen molar-refractivity contribution in [2.45, 2.75) is 32.1 Å². The highest BCUT2D eigenvalue weighted by Crippen LogP contribution is 2.38. The van der Waals surface area contributed by atoms with Crippen molar-refractivity contribution in [3.05, 3.63) is 78.6 Å². The van der Waals surface area contributed by atoms with Crippen molar-refractivity contribution in [3.8, 4) is 23.0 Å². The van der Waals surface area contributed by atoms with Crippen LogP contribution >= 0.6 is 11.8 Å². The second kappa shape index (κ2) is 16.7. The van der Waals surface area contributed by atoms with Crippen LogP contribution in [0.3, 0.4) is 0 Å². The lowest BCUT2D eigenvalue weighted by molar-refractivity contribution is 0.234. The lowest BCUT2D eigenvalue weighted by Gasteiger charge is -2.16. The normalized spacial score (nSPS) is 15.9. The molecule has 0 amide bonds. The van der Waals surface area contributed by atoms with Crippen LogP contribution in [0.1, 0.15) is 27.2 Å². The van der Waals surface area contributed by atoms with Gasteiger partial charge in [0.1, 0.15) is 23.9 Å². The number of hydrogen-bond acceptors (Lipinski definition) is 6. The van der Waals surface area contributed by atoms with Gasteiger partial charge < -0.3 is 19.7 Å². The molecule has 0 aliphatic carbocycles. The molecule has 1 atom stereocenters. The van der Waals surface area contributed by atoms with Gasteiger partial charge in [0.15, 0.2) is 11.6 Å². The molecule has 36 heavy (non-hydrogen) atoms. The van der Waals surface area contributed by atoms with Gasteiger partial charge in [0.2, 0.25) is 0 Å². The van der Waals surface area contributed by atoms with Gasteiger partial charge in [-0.05, 0) is 55.3 Å². The first-order valence-electron chi connectivity index (χ1n) is 12.4. The maximum atomic E-state index is 13.1. The van der Waals surface area contributed by atoms with Gasteiger partial charge in [-0.2, -0.15) is 0 Å². The number of ether oxygens (including phenoxy) is 2. The standard InChI is InChI=1S/C13H19NO.C8H7FO2S.C6H6O.C2H6/c1-12-7-8-14(11-12)9-10-15-13-5-3-2-4-6-13;9-7-5(10)1-2-6-8(7)12-4-3-11-6;7-6-4-2-1-3-5-6;1-2/h2-6,12H,7-11H2,1H3;1-2,10H,3-4H2;1-5,7H;1-2H3/t12-;;;/m0.../s1. The first-order chi connectivity index (χ1) is 17.5. The second-order valence-electron chi connectivity index (χ2n) is 8.11. The van der Waals surface area contributed by atoms with E-state index in [0.29, 0.717) is 23.0 Å². The van der Waals surface area contributed by atoms with Crippen molar-refractivity contribution in [2.24, 2.45) is 5.92 Å². The van der Waals surface area contributed by atoms with Crippen LogP contribution in [0.5, 0.6) is 23.0 Å². The Morgan fingerprint density at radius 1 is 1.00 bits per heavy atom. The Morgan fingerprint density at radius 2 is 1.67 bits per heavy atom. The molecule has 196 valence electrons. The summed E-state index contributed by atoms with van der Waals surface area (Å²) in [6.07, 6.45) is 1.34. The minimum atomic E-state index is -0.572. The quantitative estimate of drug-likeness (QED) is 0.397. The molecule has 0 aromatic heterocycles. The molecular formula is C29H38FNO4S. The van der Waals surface area contributed by atoms with E-state index < -0.39 is 5.82 Å².